The highest BCUT2D eigenvalue weighted by Gasteiger charge is 2.43. The number of aryl methyl sites for hydroxylation is 1. The molecule has 5 nitrogen and oxygen atoms in total. The standard InChI is InChI=1S/C23H21B3O5/c1-16-4-10-21(11-5-16)24-29-25(22-12-6-19(7-13-22)17(2)27)31-26(30-24)23-14-8-20(9-15-23)18(3)28/h4-15H,1-3H3. The molecular formula is C23H21B3O5. The Balaban J connectivity index is 1.65. The maximum Gasteiger partial charge on any atom is 0.467 e. The van der Waals surface area contributed by atoms with Crippen LogP contribution in [-0.2, 0) is 13.7 Å². The van der Waals surface area contributed by atoms with Crippen LogP contribution in [0.4, 0.5) is 0 Å². The third kappa shape index (κ3) is 4.88. The van der Waals surface area contributed by atoms with Crippen LogP contribution in [0.2, 0.25) is 0 Å². The Morgan fingerprint density at radius 1 is 0.548 bits per heavy atom. The molecule has 0 N–H and O–H groups in total. The van der Waals surface area contributed by atoms with E-state index in [1.54, 1.807) is 24.3 Å². The molecule has 0 spiro atoms. The molecule has 0 saturated carbocycles. The lowest BCUT2D eigenvalue weighted by Crippen LogP contribution is -2.61. The SMILES string of the molecule is CC(=O)c1ccc(B2OB(c3ccc(C)cc3)OB(c3ccc(C(C)=O)cc3)O2)cc1. The third-order valence-corrected chi connectivity index (χ3v) is 5.27. The van der Waals surface area contributed by atoms with Crippen molar-refractivity contribution in [2.45, 2.75) is 20.8 Å². The van der Waals surface area contributed by atoms with Crippen molar-refractivity contribution in [1.82, 2.24) is 0 Å². The molecule has 1 aliphatic heterocycles. The zero-order chi connectivity index (χ0) is 22.0. The minimum absolute atomic E-state index is 0.00123. The lowest BCUT2D eigenvalue weighted by atomic mass is 9.61. The molecule has 0 atom stereocenters. The number of carbonyl (C=O) groups excluding carboxylic acids is 2. The minimum atomic E-state index is -0.682. The summed E-state index contributed by atoms with van der Waals surface area (Å²) in [7, 11) is -2.00. The van der Waals surface area contributed by atoms with Crippen molar-refractivity contribution in [3.63, 3.8) is 0 Å². The van der Waals surface area contributed by atoms with Crippen LogP contribution < -0.4 is 16.4 Å². The van der Waals surface area contributed by atoms with E-state index in [2.05, 4.69) is 0 Å². The zero-order valence-corrected chi connectivity index (χ0v) is 17.7. The maximum atomic E-state index is 11.6. The first-order chi connectivity index (χ1) is 14.9. The van der Waals surface area contributed by atoms with Gasteiger partial charge >= 0.3 is 21.4 Å². The second-order valence-corrected chi connectivity index (χ2v) is 7.67. The monoisotopic (exact) mass is 410 g/mol. The van der Waals surface area contributed by atoms with Crippen molar-refractivity contribution in [3.05, 3.63) is 89.5 Å². The van der Waals surface area contributed by atoms with Gasteiger partial charge in [0.15, 0.2) is 11.6 Å². The zero-order valence-electron chi connectivity index (χ0n) is 17.7. The predicted octanol–water partition coefficient (Wildman–Crippen LogP) is 1.95. The molecule has 3 aromatic carbocycles. The predicted molar refractivity (Wildman–Crippen MR) is 123 cm³/mol. The lowest BCUT2D eigenvalue weighted by molar-refractivity contribution is 0.100. The van der Waals surface area contributed by atoms with Crippen molar-refractivity contribution >= 4 is 49.3 Å². The molecule has 1 saturated heterocycles. The molecule has 4 rings (SSSR count). The van der Waals surface area contributed by atoms with E-state index in [1.165, 1.54) is 13.8 Å². The fourth-order valence-electron chi connectivity index (χ4n) is 3.38. The summed E-state index contributed by atoms with van der Waals surface area (Å²) in [5.74, 6) is 0.00247. The van der Waals surface area contributed by atoms with E-state index >= 15 is 0 Å². The van der Waals surface area contributed by atoms with Crippen molar-refractivity contribution in [2.75, 3.05) is 0 Å². The van der Waals surface area contributed by atoms with Gasteiger partial charge in [-0.1, -0.05) is 78.4 Å². The molecule has 0 amide bonds. The van der Waals surface area contributed by atoms with Gasteiger partial charge in [-0.15, -0.1) is 0 Å². The highest BCUT2D eigenvalue weighted by atomic mass is 16.7. The van der Waals surface area contributed by atoms with Crippen LogP contribution in [0, 0.1) is 6.92 Å². The second kappa shape index (κ2) is 9.06. The van der Waals surface area contributed by atoms with Crippen LogP contribution in [0.15, 0.2) is 72.8 Å². The summed E-state index contributed by atoms with van der Waals surface area (Å²) >= 11 is 0. The molecule has 0 aromatic heterocycles. The molecule has 0 unspecified atom stereocenters. The molecule has 0 aliphatic carbocycles. The number of hydrogen-bond donors (Lipinski definition) is 0. The number of benzene rings is 3. The molecule has 0 bridgehead atoms. The summed E-state index contributed by atoms with van der Waals surface area (Å²) in [6.45, 7) is 5.09. The topological polar surface area (TPSA) is 61.8 Å². The Morgan fingerprint density at radius 2 is 0.839 bits per heavy atom. The Kier molecular flexibility index (Phi) is 6.23. The fourth-order valence-corrected chi connectivity index (χ4v) is 3.38. The summed E-state index contributed by atoms with van der Waals surface area (Å²) in [6, 6.07) is 22.3. The summed E-state index contributed by atoms with van der Waals surface area (Å²) in [5.41, 5.74) is 4.85. The van der Waals surface area contributed by atoms with E-state index in [1.807, 2.05) is 55.5 Å². The van der Waals surface area contributed by atoms with Gasteiger partial charge in [0.2, 0.25) is 0 Å². The first-order valence-corrected chi connectivity index (χ1v) is 10.2. The minimum Gasteiger partial charge on any atom is -0.445 e. The van der Waals surface area contributed by atoms with Gasteiger partial charge < -0.3 is 13.7 Å². The Morgan fingerprint density at radius 3 is 1.13 bits per heavy atom. The van der Waals surface area contributed by atoms with Gasteiger partial charge in [0.25, 0.3) is 0 Å². The molecule has 1 heterocycles. The first kappa shape index (κ1) is 21.3. The molecular weight excluding hydrogens is 389 g/mol. The number of Topliss-reactive ketones (excluding diaryl/α,β-unsaturated/α-hetero) is 2. The van der Waals surface area contributed by atoms with Crippen molar-refractivity contribution in [1.29, 1.82) is 0 Å². The number of ketones is 2. The van der Waals surface area contributed by atoms with Crippen LogP contribution >= 0.6 is 0 Å². The first-order valence-electron chi connectivity index (χ1n) is 10.2. The molecule has 152 valence electrons. The smallest absolute Gasteiger partial charge is 0.445 e. The Bertz CT molecular complexity index is 1020. The highest BCUT2D eigenvalue weighted by Crippen LogP contribution is 2.12. The van der Waals surface area contributed by atoms with Gasteiger partial charge in [-0.3, -0.25) is 9.59 Å². The van der Waals surface area contributed by atoms with E-state index in [9.17, 15) is 9.59 Å². The van der Waals surface area contributed by atoms with E-state index in [0.717, 1.165) is 22.0 Å². The number of rotatable bonds is 5. The molecule has 31 heavy (non-hydrogen) atoms. The van der Waals surface area contributed by atoms with Crippen LogP contribution in [-0.4, -0.2) is 32.9 Å². The average Bonchev–Trinajstić information content (AvgIpc) is 2.79. The second-order valence-electron chi connectivity index (χ2n) is 7.67. The molecule has 0 radical (unpaired) electrons. The molecule has 8 heteroatoms. The van der Waals surface area contributed by atoms with Crippen LogP contribution in [0.25, 0.3) is 0 Å². The molecule has 3 aromatic rings. The van der Waals surface area contributed by atoms with E-state index in [0.29, 0.717) is 11.1 Å². The highest BCUT2D eigenvalue weighted by molar-refractivity contribution is 6.87. The van der Waals surface area contributed by atoms with Crippen molar-refractivity contribution < 1.29 is 23.3 Å². The number of carbonyl (C=O) groups is 2. The molecule has 1 aliphatic rings. The lowest BCUT2D eigenvalue weighted by Gasteiger charge is -2.31. The van der Waals surface area contributed by atoms with E-state index in [-0.39, 0.29) is 11.6 Å². The summed E-state index contributed by atoms with van der Waals surface area (Å²) in [4.78, 5) is 23.2. The van der Waals surface area contributed by atoms with Crippen molar-refractivity contribution in [3.8, 4) is 0 Å². The number of hydrogen-bond acceptors (Lipinski definition) is 5. The van der Waals surface area contributed by atoms with Crippen LogP contribution in [0.1, 0.15) is 40.1 Å². The fraction of sp³-hybridized carbons (Fsp3) is 0.130. The maximum absolute atomic E-state index is 11.6. The third-order valence-electron chi connectivity index (χ3n) is 5.27. The van der Waals surface area contributed by atoms with Gasteiger partial charge in [-0.25, -0.2) is 0 Å². The van der Waals surface area contributed by atoms with Gasteiger partial charge in [0.05, 0.1) is 0 Å². The average molecular weight is 410 g/mol. The van der Waals surface area contributed by atoms with E-state index < -0.39 is 21.4 Å². The van der Waals surface area contributed by atoms with E-state index in [4.69, 9.17) is 13.7 Å². The largest absolute Gasteiger partial charge is 0.467 e. The van der Waals surface area contributed by atoms with Gasteiger partial charge in [0.1, 0.15) is 0 Å². The van der Waals surface area contributed by atoms with Crippen molar-refractivity contribution in [2.24, 2.45) is 0 Å². The van der Waals surface area contributed by atoms with Crippen LogP contribution in [0.3, 0.4) is 0 Å². The van der Waals surface area contributed by atoms with Gasteiger partial charge in [-0.05, 0) is 37.2 Å². The van der Waals surface area contributed by atoms with Gasteiger partial charge in [-0.2, -0.15) is 0 Å². The van der Waals surface area contributed by atoms with Crippen LogP contribution in [0.5, 0.6) is 0 Å². The quantitative estimate of drug-likeness (QED) is 0.476. The molecule has 1 fully saturated rings. The normalized spacial score (nSPS) is 14.0. The van der Waals surface area contributed by atoms with Gasteiger partial charge in [0, 0.05) is 11.1 Å². The summed E-state index contributed by atoms with van der Waals surface area (Å²) in [5, 5.41) is 0. The Labute approximate surface area is 183 Å². The Hall–Kier alpha value is -2.93. The summed E-state index contributed by atoms with van der Waals surface area (Å²) < 4.78 is 18.4. The summed E-state index contributed by atoms with van der Waals surface area (Å²) in [6.07, 6.45) is 0.